The monoisotopic (exact) mass is 349 g/mol. The second-order valence-electron chi connectivity index (χ2n) is 5.83. The average molecular weight is 349 g/mol. The van der Waals surface area contributed by atoms with Crippen molar-refractivity contribution in [2.24, 2.45) is 0 Å². The molecule has 2 N–H and O–H groups in total. The second-order valence-corrected chi connectivity index (χ2v) is 5.83. The lowest BCUT2D eigenvalue weighted by Gasteiger charge is -2.22. The molecule has 2 aromatic rings. The molecule has 25 heavy (non-hydrogen) atoms. The molecule has 1 saturated heterocycles. The van der Waals surface area contributed by atoms with Gasteiger partial charge in [0.25, 0.3) is 11.5 Å². The van der Waals surface area contributed by atoms with Crippen LogP contribution < -0.4 is 10.9 Å². The Labute approximate surface area is 142 Å². The molecule has 1 aliphatic rings. The van der Waals surface area contributed by atoms with E-state index in [1.54, 1.807) is 4.68 Å². The highest BCUT2D eigenvalue weighted by molar-refractivity contribution is 5.94. The van der Waals surface area contributed by atoms with Gasteiger partial charge in [-0.1, -0.05) is 0 Å². The number of rotatable bonds is 4. The summed E-state index contributed by atoms with van der Waals surface area (Å²) in [6.07, 6.45) is 2.01. The van der Waals surface area contributed by atoms with E-state index < -0.39 is 23.5 Å². The van der Waals surface area contributed by atoms with Crippen molar-refractivity contribution in [1.29, 1.82) is 0 Å². The first-order chi connectivity index (χ1) is 12.0. The predicted octanol–water partition coefficient (Wildman–Crippen LogP) is 0.361. The van der Waals surface area contributed by atoms with Gasteiger partial charge in [0.15, 0.2) is 11.8 Å². The van der Waals surface area contributed by atoms with Crippen LogP contribution in [0.4, 0.5) is 5.95 Å². The van der Waals surface area contributed by atoms with Crippen molar-refractivity contribution in [2.45, 2.75) is 38.8 Å². The molecule has 3 heterocycles. The number of carbonyl (C=O) groups is 2. The van der Waals surface area contributed by atoms with Gasteiger partial charge in [0.05, 0.1) is 12.2 Å². The molecule has 3 rings (SSSR count). The van der Waals surface area contributed by atoms with Gasteiger partial charge in [-0.2, -0.15) is 10.1 Å². The fraction of sp³-hybridized carbons (Fsp3) is 0.533. The first-order valence-electron chi connectivity index (χ1n) is 7.99. The van der Waals surface area contributed by atoms with Gasteiger partial charge in [-0.25, -0.2) is 4.68 Å². The molecule has 0 aliphatic carbocycles. The Bertz CT molecular complexity index is 852. The van der Waals surface area contributed by atoms with Gasteiger partial charge in [0.2, 0.25) is 5.95 Å². The molecule has 2 aromatic heterocycles. The molecule has 0 aromatic carbocycles. The fourth-order valence-corrected chi connectivity index (χ4v) is 2.71. The van der Waals surface area contributed by atoms with Gasteiger partial charge in [0, 0.05) is 20.1 Å². The number of amides is 1. The zero-order valence-electron chi connectivity index (χ0n) is 13.9. The number of anilines is 1. The number of ether oxygens (including phenoxy) is 2. The van der Waals surface area contributed by atoms with E-state index in [0.29, 0.717) is 24.2 Å². The number of esters is 1. The number of hydrogen-bond donors (Lipinski definition) is 2. The van der Waals surface area contributed by atoms with Crippen LogP contribution in [-0.4, -0.2) is 50.9 Å². The number of H-pyrrole nitrogens is 1. The van der Waals surface area contributed by atoms with Gasteiger partial charge < -0.3 is 9.47 Å². The maximum atomic E-state index is 12.2. The third kappa shape index (κ3) is 3.68. The number of nitrogens with zero attached hydrogens (tertiary/aromatic N) is 3. The smallest absolute Gasteiger partial charge is 0.303 e. The number of aromatic amines is 1. The lowest BCUT2D eigenvalue weighted by Crippen LogP contribution is -2.30. The van der Waals surface area contributed by atoms with Gasteiger partial charge in [-0.3, -0.25) is 24.7 Å². The summed E-state index contributed by atoms with van der Waals surface area (Å²) in [6, 6.07) is 0.0871. The Morgan fingerprint density at radius 2 is 2.16 bits per heavy atom. The van der Waals surface area contributed by atoms with E-state index in [4.69, 9.17) is 9.47 Å². The van der Waals surface area contributed by atoms with Crippen molar-refractivity contribution < 1.29 is 19.1 Å². The summed E-state index contributed by atoms with van der Waals surface area (Å²) in [7, 11) is 0. The Hall–Kier alpha value is -2.75. The van der Waals surface area contributed by atoms with Gasteiger partial charge >= 0.3 is 5.97 Å². The molecule has 1 fully saturated rings. The Kier molecular flexibility index (Phi) is 4.79. The van der Waals surface area contributed by atoms with E-state index in [2.05, 4.69) is 20.4 Å². The Morgan fingerprint density at radius 3 is 2.84 bits per heavy atom. The van der Waals surface area contributed by atoms with E-state index in [-0.39, 0.29) is 12.0 Å². The van der Waals surface area contributed by atoms with Crippen molar-refractivity contribution in [1.82, 2.24) is 19.7 Å². The molecule has 0 saturated carbocycles. The molecule has 0 bridgehead atoms. The third-order valence-corrected chi connectivity index (χ3v) is 3.95. The standard InChI is InChI=1S/C15H19N5O5/c1-8(25-9(2)21)13(22)18-15-17-12-11(14(23)19-15)7-16-20(12)10-3-5-24-6-4-10/h7-8,10H,3-6H2,1-2H3,(H2,17,18,19,22,23)/t8-/m0/s1. The van der Waals surface area contributed by atoms with Crippen LogP contribution in [0.1, 0.15) is 32.7 Å². The van der Waals surface area contributed by atoms with Gasteiger partial charge in [-0.05, 0) is 19.8 Å². The predicted molar refractivity (Wildman–Crippen MR) is 87.1 cm³/mol. The van der Waals surface area contributed by atoms with E-state index in [9.17, 15) is 14.4 Å². The molecule has 0 spiro atoms. The summed E-state index contributed by atoms with van der Waals surface area (Å²) in [6.45, 7) is 3.89. The number of hydrogen-bond acceptors (Lipinski definition) is 7. The van der Waals surface area contributed by atoms with E-state index in [1.807, 2.05) is 0 Å². The molecule has 10 heteroatoms. The van der Waals surface area contributed by atoms with E-state index in [0.717, 1.165) is 12.8 Å². The summed E-state index contributed by atoms with van der Waals surface area (Å²) < 4.78 is 11.8. The molecule has 1 amide bonds. The first kappa shape index (κ1) is 17.1. The maximum absolute atomic E-state index is 12.2. The minimum atomic E-state index is -1.00. The zero-order chi connectivity index (χ0) is 18.0. The summed E-state index contributed by atoms with van der Waals surface area (Å²) in [5, 5.41) is 7.07. The molecule has 10 nitrogen and oxygen atoms in total. The molecule has 1 aliphatic heterocycles. The van der Waals surface area contributed by atoms with E-state index >= 15 is 0 Å². The number of fused-ring (bicyclic) bond motifs is 1. The summed E-state index contributed by atoms with van der Waals surface area (Å²) in [4.78, 5) is 42.0. The quantitative estimate of drug-likeness (QED) is 0.763. The van der Waals surface area contributed by atoms with Crippen molar-refractivity contribution in [3.63, 3.8) is 0 Å². The summed E-state index contributed by atoms with van der Waals surface area (Å²) >= 11 is 0. The van der Waals surface area contributed by atoms with Crippen molar-refractivity contribution >= 4 is 28.9 Å². The molecule has 1 atom stereocenters. The van der Waals surface area contributed by atoms with Crippen molar-refractivity contribution in [3.8, 4) is 0 Å². The molecule has 0 unspecified atom stereocenters. The summed E-state index contributed by atoms with van der Waals surface area (Å²) in [5.41, 5.74) is -0.00941. The minimum Gasteiger partial charge on any atom is -0.453 e. The minimum absolute atomic E-state index is 0.0182. The average Bonchev–Trinajstić information content (AvgIpc) is 2.99. The highest BCUT2D eigenvalue weighted by Crippen LogP contribution is 2.23. The number of nitrogens with one attached hydrogen (secondary N) is 2. The largest absolute Gasteiger partial charge is 0.453 e. The van der Waals surface area contributed by atoms with Crippen LogP contribution in [-0.2, 0) is 19.1 Å². The fourth-order valence-electron chi connectivity index (χ4n) is 2.71. The lowest BCUT2D eigenvalue weighted by atomic mass is 10.1. The zero-order valence-corrected chi connectivity index (χ0v) is 13.9. The molecular formula is C15H19N5O5. The van der Waals surface area contributed by atoms with E-state index in [1.165, 1.54) is 20.0 Å². The maximum Gasteiger partial charge on any atom is 0.303 e. The number of carbonyl (C=O) groups excluding carboxylic acids is 2. The lowest BCUT2D eigenvalue weighted by molar-refractivity contribution is -0.150. The van der Waals surface area contributed by atoms with Gasteiger partial charge in [0.1, 0.15) is 5.39 Å². The number of aromatic nitrogens is 4. The normalized spacial score (nSPS) is 16.6. The second kappa shape index (κ2) is 7.01. The Morgan fingerprint density at radius 1 is 1.44 bits per heavy atom. The molecular weight excluding hydrogens is 330 g/mol. The molecule has 0 radical (unpaired) electrons. The molecule has 134 valence electrons. The van der Waals surface area contributed by atoms with Crippen molar-refractivity contribution in [3.05, 3.63) is 16.6 Å². The highest BCUT2D eigenvalue weighted by Gasteiger charge is 2.22. The van der Waals surface area contributed by atoms with Crippen LogP contribution in [0.5, 0.6) is 0 Å². The highest BCUT2D eigenvalue weighted by atomic mass is 16.5. The first-order valence-corrected chi connectivity index (χ1v) is 7.99. The van der Waals surface area contributed by atoms with Crippen LogP contribution in [0.3, 0.4) is 0 Å². The topological polar surface area (TPSA) is 128 Å². The van der Waals surface area contributed by atoms with Crippen LogP contribution in [0.15, 0.2) is 11.0 Å². The van der Waals surface area contributed by atoms with Gasteiger partial charge in [-0.15, -0.1) is 0 Å². The summed E-state index contributed by atoms with van der Waals surface area (Å²) in [5.74, 6) is -1.18. The van der Waals surface area contributed by atoms with Crippen LogP contribution in [0, 0.1) is 0 Å². The third-order valence-electron chi connectivity index (χ3n) is 3.95. The Balaban J connectivity index is 1.88. The van der Waals surface area contributed by atoms with Crippen molar-refractivity contribution in [2.75, 3.05) is 18.5 Å². The SMILES string of the molecule is CC(=O)O[C@@H](C)C(=O)Nc1nc2c(cnn2C2CCOCC2)c(=O)[nH]1. The van der Waals surface area contributed by atoms with Crippen LogP contribution >= 0.6 is 0 Å². The van der Waals surface area contributed by atoms with Crippen LogP contribution in [0.25, 0.3) is 11.0 Å². The van der Waals surface area contributed by atoms with Crippen LogP contribution in [0.2, 0.25) is 0 Å².